The Morgan fingerprint density at radius 3 is 3.00 bits per heavy atom. The molecule has 1 N–H and O–H groups in total. The van der Waals surface area contributed by atoms with Crippen LogP contribution in [0.1, 0.15) is 26.2 Å². The first-order valence-corrected chi connectivity index (χ1v) is 7.54. The molecule has 1 aliphatic rings. The van der Waals surface area contributed by atoms with Gasteiger partial charge in [0, 0.05) is 18.5 Å². The highest BCUT2D eigenvalue weighted by Gasteiger charge is 2.36. The topological polar surface area (TPSA) is 38.3 Å². The van der Waals surface area contributed by atoms with Gasteiger partial charge in [-0.25, -0.2) is 0 Å². The molecule has 0 aromatic rings. The largest absolute Gasteiger partial charge is 0.384 e. The number of nitrogens with one attached hydrogen (secondary N) is 1. The summed E-state index contributed by atoms with van der Waals surface area (Å²) >= 11 is 5.28. The number of hydrogen-bond acceptors (Lipinski definition) is 3. The average Bonchev–Trinajstić information content (AvgIpc) is 2.67. The zero-order valence-corrected chi connectivity index (χ0v) is 12.3. The molecule has 1 aliphatic heterocycles. The highest BCUT2D eigenvalue weighted by Crippen LogP contribution is 2.37. The van der Waals surface area contributed by atoms with Gasteiger partial charge in [-0.1, -0.05) is 15.9 Å². The summed E-state index contributed by atoms with van der Waals surface area (Å²) in [5.41, 5.74) is 0. The van der Waals surface area contributed by atoms with Crippen LogP contribution >= 0.6 is 27.7 Å². The van der Waals surface area contributed by atoms with Gasteiger partial charge in [0.25, 0.3) is 0 Å². The summed E-state index contributed by atoms with van der Waals surface area (Å²) < 4.78 is 4.83. The summed E-state index contributed by atoms with van der Waals surface area (Å²) in [6, 6.07) is 0. The maximum absolute atomic E-state index is 11.9. The van der Waals surface area contributed by atoms with E-state index in [4.69, 9.17) is 4.74 Å². The minimum absolute atomic E-state index is 0.187. The molecule has 0 aliphatic carbocycles. The SMILES string of the molecule is COCC(Br)CCNC(=O)C1(C)CCCS1. The van der Waals surface area contributed by atoms with E-state index in [0.717, 1.165) is 25.0 Å². The number of alkyl halides is 1. The fourth-order valence-electron chi connectivity index (χ4n) is 1.75. The lowest BCUT2D eigenvalue weighted by molar-refractivity contribution is -0.123. The molecule has 3 nitrogen and oxygen atoms in total. The minimum atomic E-state index is -0.191. The van der Waals surface area contributed by atoms with Crippen LogP contribution < -0.4 is 5.32 Å². The fraction of sp³-hybridized carbons (Fsp3) is 0.909. The minimum Gasteiger partial charge on any atom is -0.384 e. The lowest BCUT2D eigenvalue weighted by atomic mass is 10.0. The van der Waals surface area contributed by atoms with Crippen molar-refractivity contribution < 1.29 is 9.53 Å². The van der Waals surface area contributed by atoms with Crippen molar-refractivity contribution in [2.24, 2.45) is 0 Å². The number of methoxy groups -OCH3 is 1. The van der Waals surface area contributed by atoms with Crippen molar-refractivity contribution >= 4 is 33.6 Å². The summed E-state index contributed by atoms with van der Waals surface area (Å²) in [6.07, 6.45) is 3.05. The molecule has 0 spiro atoms. The van der Waals surface area contributed by atoms with Crippen LogP contribution in [0.4, 0.5) is 0 Å². The molecule has 94 valence electrons. The van der Waals surface area contributed by atoms with Crippen molar-refractivity contribution in [3.63, 3.8) is 0 Å². The molecule has 0 radical (unpaired) electrons. The summed E-state index contributed by atoms with van der Waals surface area (Å²) in [6.45, 7) is 3.44. The quantitative estimate of drug-likeness (QED) is 0.764. The van der Waals surface area contributed by atoms with Crippen molar-refractivity contribution in [2.75, 3.05) is 26.0 Å². The maximum atomic E-state index is 11.9. The second-order valence-corrected chi connectivity index (χ2v) is 7.17. The number of carbonyl (C=O) groups excluding carboxylic acids is 1. The third-order valence-corrected chi connectivity index (χ3v) is 5.03. The Morgan fingerprint density at radius 1 is 1.69 bits per heavy atom. The van der Waals surface area contributed by atoms with Gasteiger partial charge in [-0.15, -0.1) is 11.8 Å². The molecule has 0 saturated carbocycles. The molecule has 0 aromatic heterocycles. The van der Waals surface area contributed by atoms with E-state index in [0.29, 0.717) is 18.0 Å². The van der Waals surface area contributed by atoms with Gasteiger partial charge in [0.05, 0.1) is 11.4 Å². The molecule has 1 heterocycles. The predicted molar refractivity (Wildman–Crippen MR) is 72.3 cm³/mol. The highest BCUT2D eigenvalue weighted by molar-refractivity contribution is 9.09. The normalized spacial score (nSPS) is 26.7. The number of carbonyl (C=O) groups is 1. The van der Waals surface area contributed by atoms with E-state index in [-0.39, 0.29) is 10.7 Å². The van der Waals surface area contributed by atoms with Gasteiger partial charge in [0.15, 0.2) is 0 Å². The first-order valence-electron chi connectivity index (χ1n) is 5.64. The van der Waals surface area contributed by atoms with E-state index in [2.05, 4.69) is 21.2 Å². The first kappa shape index (κ1) is 14.3. The average molecular weight is 310 g/mol. The molecule has 1 saturated heterocycles. The van der Waals surface area contributed by atoms with Gasteiger partial charge in [-0.3, -0.25) is 4.79 Å². The lowest BCUT2D eigenvalue weighted by Crippen LogP contribution is -2.41. The van der Waals surface area contributed by atoms with Crippen LogP contribution in [0.15, 0.2) is 0 Å². The van der Waals surface area contributed by atoms with E-state index in [9.17, 15) is 4.79 Å². The molecular weight excluding hydrogens is 290 g/mol. The molecule has 2 unspecified atom stereocenters. The Hall–Kier alpha value is 0.260. The van der Waals surface area contributed by atoms with Crippen LogP contribution in [0.5, 0.6) is 0 Å². The van der Waals surface area contributed by atoms with Gasteiger partial charge in [0.2, 0.25) is 5.91 Å². The lowest BCUT2D eigenvalue weighted by Gasteiger charge is -2.21. The summed E-state index contributed by atoms with van der Waals surface area (Å²) in [7, 11) is 1.68. The number of amides is 1. The van der Waals surface area contributed by atoms with Gasteiger partial charge in [-0.2, -0.15) is 0 Å². The van der Waals surface area contributed by atoms with Crippen LogP contribution in [-0.2, 0) is 9.53 Å². The molecule has 1 fully saturated rings. The Labute approximate surface area is 110 Å². The second kappa shape index (κ2) is 6.87. The van der Waals surface area contributed by atoms with Crippen LogP contribution in [-0.4, -0.2) is 41.5 Å². The van der Waals surface area contributed by atoms with Gasteiger partial charge in [0.1, 0.15) is 0 Å². The van der Waals surface area contributed by atoms with Crippen LogP contribution in [0.25, 0.3) is 0 Å². The van der Waals surface area contributed by atoms with Crippen LogP contribution in [0.3, 0.4) is 0 Å². The Bertz CT molecular complexity index is 232. The maximum Gasteiger partial charge on any atom is 0.235 e. The van der Waals surface area contributed by atoms with Crippen molar-refractivity contribution in [2.45, 2.75) is 35.8 Å². The van der Waals surface area contributed by atoms with E-state index in [1.165, 1.54) is 0 Å². The first-order chi connectivity index (χ1) is 7.58. The number of hydrogen-bond donors (Lipinski definition) is 1. The van der Waals surface area contributed by atoms with Gasteiger partial charge >= 0.3 is 0 Å². The van der Waals surface area contributed by atoms with E-state index < -0.39 is 0 Å². The van der Waals surface area contributed by atoms with E-state index in [1.807, 2.05) is 6.92 Å². The molecule has 0 bridgehead atoms. The van der Waals surface area contributed by atoms with Crippen molar-refractivity contribution in [3.05, 3.63) is 0 Å². The molecule has 0 aromatic carbocycles. The zero-order chi connectivity index (χ0) is 12.0. The van der Waals surface area contributed by atoms with Crippen molar-refractivity contribution in [1.82, 2.24) is 5.32 Å². The van der Waals surface area contributed by atoms with Crippen LogP contribution in [0.2, 0.25) is 0 Å². The number of halogens is 1. The standard InChI is InChI=1S/C11H20BrNO2S/c1-11(5-3-7-16-11)10(14)13-6-4-9(12)8-15-2/h9H,3-8H2,1-2H3,(H,13,14). The van der Waals surface area contributed by atoms with Crippen molar-refractivity contribution in [1.29, 1.82) is 0 Å². The molecule has 16 heavy (non-hydrogen) atoms. The number of ether oxygens (including phenoxy) is 1. The number of rotatable bonds is 6. The van der Waals surface area contributed by atoms with E-state index >= 15 is 0 Å². The van der Waals surface area contributed by atoms with Gasteiger partial charge in [-0.05, 0) is 31.9 Å². The summed E-state index contributed by atoms with van der Waals surface area (Å²) in [5, 5.41) is 3.01. The Balaban J connectivity index is 2.19. The highest BCUT2D eigenvalue weighted by atomic mass is 79.9. The smallest absolute Gasteiger partial charge is 0.235 e. The fourth-order valence-corrected chi connectivity index (χ4v) is 3.48. The third-order valence-electron chi connectivity index (χ3n) is 2.79. The molecule has 5 heteroatoms. The summed E-state index contributed by atoms with van der Waals surface area (Å²) in [5.74, 6) is 1.29. The Kier molecular flexibility index (Phi) is 6.15. The molecule has 1 rings (SSSR count). The summed E-state index contributed by atoms with van der Waals surface area (Å²) in [4.78, 5) is 12.2. The Morgan fingerprint density at radius 2 is 2.44 bits per heavy atom. The molecule has 1 amide bonds. The van der Waals surface area contributed by atoms with E-state index in [1.54, 1.807) is 18.9 Å². The molecular formula is C11H20BrNO2S. The predicted octanol–water partition coefficient (Wildman–Crippen LogP) is 2.19. The van der Waals surface area contributed by atoms with Crippen LogP contribution in [0, 0.1) is 0 Å². The van der Waals surface area contributed by atoms with Gasteiger partial charge < -0.3 is 10.1 Å². The third kappa shape index (κ3) is 4.26. The number of thioether (sulfide) groups is 1. The monoisotopic (exact) mass is 309 g/mol. The molecule has 2 atom stereocenters. The zero-order valence-electron chi connectivity index (χ0n) is 9.92. The second-order valence-electron chi connectivity index (χ2n) is 4.28. The van der Waals surface area contributed by atoms with Crippen molar-refractivity contribution in [3.8, 4) is 0 Å².